The molecule has 92 valence electrons. The van der Waals surface area contributed by atoms with E-state index in [0.29, 0.717) is 18.1 Å². The second-order valence-corrected chi connectivity index (χ2v) is 6.42. The van der Waals surface area contributed by atoms with Crippen LogP contribution in [0.4, 0.5) is 5.13 Å². The molecular weight excluding hydrogens is 258 g/mol. The zero-order valence-corrected chi connectivity index (χ0v) is 10.7. The van der Waals surface area contributed by atoms with Gasteiger partial charge in [-0.1, -0.05) is 23.5 Å². The Bertz CT molecular complexity index is 574. The van der Waals surface area contributed by atoms with E-state index in [1.54, 1.807) is 0 Å². The molecular formula is C10H13N3O2S2. The quantitative estimate of drug-likeness (QED) is 0.860. The Morgan fingerprint density at radius 3 is 2.82 bits per heavy atom. The summed E-state index contributed by atoms with van der Waals surface area (Å²) in [6, 6.07) is 7.52. The van der Waals surface area contributed by atoms with Crippen molar-refractivity contribution < 1.29 is 8.42 Å². The summed E-state index contributed by atoms with van der Waals surface area (Å²) in [5.74, 6) is 0.0272. The molecule has 3 N–H and O–H groups in total. The highest BCUT2D eigenvalue weighted by Crippen LogP contribution is 2.26. The molecule has 0 atom stereocenters. The normalized spacial score (nSPS) is 11.8. The van der Waals surface area contributed by atoms with Crippen molar-refractivity contribution >= 4 is 36.7 Å². The van der Waals surface area contributed by atoms with E-state index in [9.17, 15) is 8.42 Å². The van der Waals surface area contributed by atoms with Crippen LogP contribution in [0, 0.1) is 0 Å². The minimum atomic E-state index is -3.33. The van der Waals surface area contributed by atoms with Crippen molar-refractivity contribution in [2.75, 3.05) is 17.0 Å². The van der Waals surface area contributed by atoms with Crippen molar-refractivity contribution in [3.05, 3.63) is 24.3 Å². The van der Waals surface area contributed by atoms with E-state index in [0.717, 1.165) is 10.2 Å². The molecule has 5 nitrogen and oxygen atoms in total. The zero-order chi connectivity index (χ0) is 12.3. The van der Waals surface area contributed by atoms with Crippen LogP contribution < -0.4 is 10.5 Å². The zero-order valence-electron chi connectivity index (χ0n) is 9.09. The van der Waals surface area contributed by atoms with Crippen molar-refractivity contribution in [3.8, 4) is 0 Å². The minimum Gasteiger partial charge on any atom is -0.330 e. The summed E-state index contributed by atoms with van der Waals surface area (Å²) in [6.45, 7) is 0.362. The van der Waals surface area contributed by atoms with E-state index in [4.69, 9.17) is 5.73 Å². The van der Waals surface area contributed by atoms with Gasteiger partial charge in [0, 0.05) is 0 Å². The fourth-order valence-electron chi connectivity index (χ4n) is 1.37. The van der Waals surface area contributed by atoms with E-state index >= 15 is 0 Å². The molecule has 0 aliphatic carbocycles. The summed E-state index contributed by atoms with van der Waals surface area (Å²) >= 11 is 1.32. The van der Waals surface area contributed by atoms with Crippen molar-refractivity contribution in [1.82, 2.24) is 4.98 Å². The fourth-order valence-corrected chi connectivity index (χ4v) is 3.60. The van der Waals surface area contributed by atoms with Gasteiger partial charge in [-0.05, 0) is 25.1 Å². The molecule has 0 saturated carbocycles. The SMILES string of the molecule is NCCCS(=O)(=O)Nc1nc2ccccc2s1. The molecule has 0 amide bonds. The molecule has 0 spiro atoms. The number of anilines is 1. The highest BCUT2D eigenvalue weighted by molar-refractivity contribution is 7.92. The first kappa shape index (κ1) is 12.3. The van der Waals surface area contributed by atoms with Gasteiger partial charge in [-0.15, -0.1) is 0 Å². The molecule has 0 fully saturated rings. The van der Waals surface area contributed by atoms with Crippen LogP contribution in [0.2, 0.25) is 0 Å². The third kappa shape index (κ3) is 3.15. The van der Waals surface area contributed by atoms with Crippen LogP contribution in [0.5, 0.6) is 0 Å². The average molecular weight is 271 g/mol. The molecule has 0 unspecified atom stereocenters. The molecule has 1 aromatic carbocycles. The average Bonchev–Trinajstić information content (AvgIpc) is 2.67. The van der Waals surface area contributed by atoms with Gasteiger partial charge in [0.2, 0.25) is 10.0 Å². The van der Waals surface area contributed by atoms with E-state index in [1.165, 1.54) is 11.3 Å². The number of thiazole rings is 1. The summed E-state index contributed by atoms with van der Waals surface area (Å²) in [4.78, 5) is 4.20. The van der Waals surface area contributed by atoms with Crippen LogP contribution in [-0.4, -0.2) is 25.7 Å². The number of fused-ring (bicyclic) bond motifs is 1. The van der Waals surface area contributed by atoms with Crippen molar-refractivity contribution in [2.24, 2.45) is 5.73 Å². The first-order chi connectivity index (χ1) is 8.11. The number of nitrogens with one attached hydrogen (secondary N) is 1. The lowest BCUT2D eigenvalue weighted by Crippen LogP contribution is -2.18. The smallest absolute Gasteiger partial charge is 0.234 e. The first-order valence-corrected chi connectivity index (χ1v) is 7.64. The van der Waals surface area contributed by atoms with Crippen molar-refractivity contribution in [3.63, 3.8) is 0 Å². The number of para-hydroxylation sites is 1. The molecule has 0 aliphatic rings. The standard InChI is InChI=1S/C10H13N3O2S2/c11-6-3-7-17(14,15)13-10-12-8-4-1-2-5-9(8)16-10/h1-2,4-5H,3,6-7,11H2,(H,12,13). The number of benzene rings is 1. The van der Waals surface area contributed by atoms with Crippen LogP contribution >= 0.6 is 11.3 Å². The Labute approximate surface area is 104 Å². The van der Waals surface area contributed by atoms with Gasteiger partial charge in [0.25, 0.3) is 0 Å². The first-order valence-electron chi connectivity index (χ1n) is 5.17. The molecule has 17 heavy (non-hydrogen) atoms. The van der Waals surface area contributed by atoms with Gasteiger partial charge in [0.05, 0.1) is 16.0 Å². The van der Waals surface area contributed by atoms with Gasteiger partial charge in [0.15, 0.2) is 5.13 Å². The molecule has 7 heteroatoms. The number of hydrogen-bond acceptors (Lipinski definition) is 5. The minimum absolute atomic E-state index is 0.0272. The molecule has 1 aromatic heterocycles. The van der Waals surface area contributed by atoms with Crippen LogP contribution in [0.25, 0.3) is 10.2 Å². The molecule has 2 aromatic rings. The largest absolute Gasteiger partial charge is 0.330 e. The van der Waals surface area contributed by atoms with E-state index in [-0.39, 0.29) is 5.75 Å². The van der Waals surface area contributed by atoms with Gasteiger partial charge in [-0.25, -0.2) is 13.4 Å². The number of sulfonamides is 1. The second kappa shape index (κ2) is 4.99. The number of aromatic nitrogens is 1. The summed E-state index contributed by atoms with van der Waals surface area (Å²) in [5.41, 5.74) is 6.09. The highest BCUT2D eigenvalue weighted by atomic mass is 32.2. The Balaban J connectivity index is 2.18. The Hall–Kier alpha value is -1.18. The third-order valence-electron chi connectivity index (χ3n) is 2.15. The summed E-state index contributed by atoms with van der Waals surface area (Å²) in [5, 5.41) is 0.406. The number of rotatable bonds is 5. The van der Waals surface area contributed by atoms with Crippen LogP contribution in [0.15, 0.2) is 24.3 Å². The predicted molar refractivity (Wildman–Crippen MR) is 70.7 cm³/mol. The molecule has 1 heterocycles. The lowest BCUT2D eigenvalue weighted by Gasteiger charge is -2.02. The van der Waals surface area contributed by atoms with E-state index in [1.807, 2.05) is 24.3 Å². The second-order valence-electron chi connectivity index (χ2n) is 3.55. The number of hydrogen-bond donors (Lipinski definition) is 2. The van der Waals surface area contributed by atoms with E-state index in [2.05, 4.69) is 9.71 Å². The van der Waals surface area contributed by atoms with Crippen LogP contribution in [0.1, 0.15) is 6.42 Å². The number of nitrogens with two attached hydrogens (primary N) is 1. The van der Waals surface area contributed by atoms with Gasteiger partial charge < -0.3 is 5.73 Å². The predicted octanol–water partition coefficient (Wildman–Crippen LogP) is 1.39. The monoisotopic (exact) mass is 271 g/mol. The maximum atomic E-state index is 11.6. The van der Waals surface area contributed by atoms with Gasteiger partial charge >= 0.3 is 0 Å². The van der Waals surface area contributed by atoms with Crippen molar-refractivity contribution in [1.29, 1.82) is 0 Å². The summed E-state index contributed by atoms with van der Waals surface area (Å²) in [6.07, 6.45) is 0.445. The Kier molecular flexibility index (Phi) is 3.60. The molecule has 0 saturated heterocycles. The highest BCUT2D eigenvalue weighted by Gasteiger charge is 2.12. The summed E-state index contributed by atoms with van der Waals surface area (Å²) < 4.78 is 26.7. The molecule has 2 rings (SSSR count). The number of nitrogens with zero attached hydrogens (tertiary/aromatic N) is 1. The van der Waals surface area contributed by atoms with Gasteiger partial charge in [0.1, 0.15) is 0 Å². The van der Waals surface area contributed by atoms with Crippen LogP contribution in [-0.2, 0) is 10.0 Å². The maximum absolute atomic E-state index is 11.6. The maximum Gasteiger partial charge on any atom is 0.234 e. The fraction of sp³-hybridized carbons (Fsp3) is 0.300. The van der Waals surface area contributed by atoms with Crippen LogP contribution in [0.3, 0.4) is 0 Å². The van der Waals surface area contributed by atoms with Gasteiger partial charge in [-0.2, -0.15) is 0 Å². The lowest BCUT2D eigenvalue weighted by molar-refractivity contribution is 0.598. The molecule has 0 aliphatic heterocycles. The summed E-state index contributed by atoms with van der Waals surface area (Å²) in [7, 11) is -3.33. The van der Waals surface area contributed by atoms with E-state index < -0.39 is 10.0 Å². The lowest BCUT2D eigenvalue weighted by atomic mass is 10.3. The molecule has 0 radical (unpaired) electrons. The van der Waals surface area contributed by atoms with Crippen molar-refractivity contribution in [2.45, 2.75) is 6.42 Å². The topological polar surface area (TPSA) is 85.1 Å². The third-order valence-corrected chi connectivity index (χ3v) is 4.57. The Morgan fingerprint density at radius 2 is 2.12 bits per heavy atom. The van der Waals surface area contributed by atoms with Gasteiger partial charge in [-0.3, -0.25) is 4.72 Å². The molecule has 0 bridgehead atoms. The Morgan fingerprint density at radius 1 is 1.35 bits per heavy atom.